The fourth-order valence-electron chi connectivity index (χ4n) is 6.95. The molecule has 0 saturated heterocycles. The summed E-state index contributed by atoms with van der Waals surface area (Å²) in [6.07, 6.45) is 13.0. The Morgan fingerprint density at radius 3 is 2.42 bits per heavy atom. The second kappa shape index (κ2) is 7.97. The minimum absolute atomic E-state index is 0.101. The smallest absolute Gasteiger partial charge is 0.271 e. The summed E-state index contributed by atoms with van der Waals surface area (Å²) in [6, 6.07) is 9.16. The lowest BCUT2D eigenvalue weighted by molar-refractivity contribution is -0.0503. The number of imidazole rings is 1. The summed E-state index contributed by atoms with van der Waals surface area (Å²) < 4.78 is 1.72. The fourth-order valence-corrected chi connectivity index (χ4v) is 6.95. The molecule has 4 bridgehead atoms. The van der Waals surface area contributed by atoms with E-state index in [-0.39, 0.29) is 17.2 Å². The Kier molecular flexibility index (Phi) is 4.93. The molecule has 4 aliphatic rings. The van der Waals surface area contributed by atoms with Gasteiger partial charge in [0.05, 0.1) is 0 Å². The van der Waals surface area contributed by atoms with E-state index < -0.39 is 0 Å². The Balaban J connectivity index is 1.16. The average Bonchev–Trinajstić information content (AvgIpc) is 3.25. The molecule has 0 aromatic carbocycles. The molecule has 0 spiro atoms. The quantitative estimate of drug-likeness (QED) is 0.609. The minimum atomic E-state index is -0.275. The number of carbonyl (C=O) groups excluding carboxylic acids is 2. The topological polar surface area (TPSA) is 88.4 Å². The van der Waals surface area contributed by atoms with Crippen LogP contribution in [0, 0.1) is 23.2 Å². The lowest BCUT2D eigenvalue weighted by atomic mass is 9.49. The van der Waals surface area contributed by atoms with Crippen molar-refractivity contribution in [3.05, 3.63) is 65.9 Å². The maximum absolute atomic E-state index is 13.2. The molecule has 3 aromatic rings. The van der Waals surface area contributed by atoms with Crippen molar-refractivity contribution in [3.8, 4) is 0 Å². The molecule has 7 nitrogen and oxygen atoms in total. The van der Waals surface area contributed by atoms with Crippen LogP contribution >= 0.6 is 0 Å². The molecular weight excluding hydrogens is 414 g/mol. The van der Waals surface area contributed by atoms with Gasteiger partial charge >= 0.3 is 0 Å². The molecule has 33 heavy (non-hydrogen) atoms. The van der Waals surface area contributed by atoms with Crippen molar-refractivity contribution in [1.29, 1.82) is 0 Å². The maximum atomic E-state index is 13.2. The van der Waals surface area contributed by atoms with Crippen molar-refractivity contribution < 1.29 is 9.59 Å². The van der Waals surface area contributed by atoms with Crippen molar-refractivity contribution in [2.24, 2.45) is 23.2 Å². The van der Waals surface area contributed by atoms with Crippen molar-refractivity contribution in [1.82, 2.24) is 25.0 Å². The number of hydrogen-bond donors (Lipinski definition) is 2. The number of rotatable bonds is 6. The number of carbonyl (C=O) groups is 2. The first-order chi connectivity index (χ1) is 16.1. The van der Waals surface area contributed by atoms with Gasteiger partial charge in [0.25, 0.3) is 11.8 Å². The molecular formula is C26H29N5O2. The largest absolute Gasteiger partial charge is 0.350 e. The molecule has 2 amide bonds. The van der Waals surface area contributed by atoms with Gasteiger partial charge in [-0.2, -0.15) is 0 Å². The number of nitrogens with zero attached hydrogens (tertiary/aromatic N) is 3. The Labute approximate surface area is 193 Å². The summed E-state index contributed by atoms with van der Waals surface area (Å²) in [7, 11) is 0. The third-order valence-electron chi connectivity index (χ3n) is 7.92. The van der Waals surface area contributed by atoms with Crippen molar-refractivity contribution in [2.75, 3.05) is 6.54 Å². The molecule has 0 unspecified atom stereocenters. The highest BCUT2D eigenvalue weighted by Crippen LogP contribution is 2.59. The Bertz CT molecular complexity index is 1170. The highest BCUT2D eigenvalue weighted by atomic mass is 16.2. The Morgan fingerprint density at radius 1 is 0.970 bits per heavy atom. The second-order valence-electron chi connectivity index (χ2n) is 10.4. The van der Waals surface area contributed by atoms with E-state index >= 15 is 0 Å². The molecule has 0 radical (unpaired) electrons. The average molecular weight is 444 g/mol. The van der Waals surface area contributed by atoms with Crippen LogP contribution in [0.4, 0.5) is 0 Å². The first-order valence-corrected chi connectivity index (χ1v) is 12.0. The van der Waals surface area contributed by atoms with Gasteiger partial charge in [-0.25, -0.2) is 4.98 Å². The van der Waals surface area contributed by atoms with E-state index in [2.05, 4.69) is 20.6 Å². The summed E-state index contributed by atoms with van der Waals surface area (Å²) in [4.78, 5) is 34.3. The van der Waals surface area contributed by atoms with Crippen LogP contribution in [-0.2, 0) is 6.54 Å². The van der Waals surface area contributed by atoms with E-state index in [1.807, 2.05) is 24.3 Å². The summed E-state index contributed by atoms with van der Waals surface area (Å²) in [5.41, 5.74) is 2.59. The molecule has 3 heterocycles. The standard InChI is InChI=1S/C26H29N5O2/c32-24(28-14-17-3-2-6-27-13-17)21-15-31-22(4-1-5-23(31)30-21)25(33)29-16-26-10-18-7-19(11-26)9-20(8-18)12-26/h1-6,13,15,18-20H,7-12,14,16H2,(H,28,32)(H,29,33). The third kappa shape index (κ3) is 3.90. The van der Waals surface area contributed by atoms with Crippen LogP contribution in [0.3, 0.4) is 0 Å². The van der Waals surface area contributed by atoms with Crippen LogP contribution in [-0.4, -0.2) is 32.7 Å². The van der Waals surface area contributed by atoms with Gasteiger partial charge < -0.3 is 10.6 Å². The number of aromatic nitrogens is 3. The van der Waals surface area contributed by atoms with Crippen LogP contribution in [0.15, 0.2) is 48.9 Å². The first-order valence-electron chi connectivity index (χ1n) is 12.0. The van der Waals surface area contributed by atoms with Crippen molar-refractivity contribution in [3.63, 3.8) is 0 Å². The van der Waals surface area contributed by atoms with E-state index in [1.54, 1.807) is 29.1 Å². The molecule has 170 valence electrons. The van der Waals surface area contributed by atoms with Gasteiger partial charge in [-0.3, -0.25) is 19.0 Å². The van der Waals surface area contributed by atoms with Crippen molar-refractivity contribution >= 4 is 17.5 Å². The lowest BCUT2D eigenvalue weighted by Crippen LogP contribution is -2.51. The van der Waals surface area contributed by atoms with E-state index in [4.69, 9.17) is 0 Å². The molecule has 0 atom stereocenters. The first kappa shape index (κ1) is 20.4. The molecule has 4 saturated carbocycles. The normalized spacial score (nSPS) is 27.6. The lowest BCUT2D eigenvalue weighted by Gasteiger charge is -2.56. The zero-order valence-electron chi connectivity index (χ0n) is 18.7. The third-order valence-corrected chi connectivity index (χ3v) is 7.92. The zero-order valence-corrected chi connectivity index (χ0v) is 18.7. The maximum Gasteiger partial charge on any atom is 0.271 e. The van der Waals surface area contributed by atoms with Gasteiger partial charge in [-0.15, -0.1) is 0 Å². The molecule has 4 fully saturated rings. The number of nitrogens with one attached hydrogen (secondary N) is 2. The van der Waals surface area contributed by atoms with E-state index in [0.29, 0.717) is 23.6 Å². The van der Waals surface area contributed by atoms with Crippen LogP contribution in [0.1, 0.15) is 65.1 Å². The minimum Gasteiger partial charge on any atom is -0.350 e. The monoisotopic (exact) mass is 443 g/mol. The second-order valence-corrected chi connectivity index (χ2v) is 10.4. The predicted octanol–water partition coefficient (Wildman–Crippen LogP) is 3.61. The summed E-state index contributed by atoms with van der Waals surface area (Å²) in [6.45, 7) is 1.12. The van der Waals surface area contributed by atoms with Gasteiger partial charge in [0.15, 0.2) is 0 Å². The Hall–Kier alpha value is -3.22. The SMILES string of the molecule is O=C(NCc1cccnc1)c1cn2c(C(=O)NCC34CC5CC(CC(C5)C3)C4)cccc2n1. The van der Waals surface area contributed by atoms with Gasteiger partial charge in [0.2, 0.25) is 0 Å². The highest BCUT2D eigenvalue weighted by molar-refractivity contribution is 5.95. The van der Waals surface area contributed by atoms with Gasteiger partial charge in [-0.1, -0.05) is 12.1 Å². The van der Waals surface area contributed by atoms with Crippen molar-refractivity contribution in [2.45, 2.75) is 45.1 Å². The fraction of sp³-hybridized carbons (Fsp3) is 0.462. The van der Waals surface area contributed by atoms with Gasteiger partial charge in [0.1, 0.15) is 17.0 Å². The van der Waals surface area contributed by atoms with Crippen LogP contribution in [0.5, 0.6) is 0 Å². The predicted molar refractivity (Wildman–Crippen MR) is 124 cm³/mol. The molecule has 0 aliphatic heterocycles. The summed E-state index contributed by atoms with van der Waals surface area (Å²) in [5.74, 6) is 2.20. The molecule has 3 aromatic heterocycles. The highest BCUT2D eigenvalue weighted by Gasteiger charge is 2.50. The summed E-state index contributed by atoms with van der Waals surface area (Å²) >= 11 is 0. The molecule has 7 rings (SSSR count). The van der Waals surface area contributed by atoms with Gasteiger partial charge in [0, 0.05) is 31.7 Å². The van der Waals surface area contributed by atoms with E-state index in [0.717, 1.165) is 29.9 Å². The number of pyridine rings is 2. The van der Waals surface area contributed by atoms with Crippen LogP contribution in [0.25, 0.3) is 5.65 Å². The summed E-state index contributed by atoms with van der Waals surface area (Å²) in [5, 5.41) is 6.11. The number of fused-ring (bicyclic) bond motifs is 1. The Morgan fingerprint density at radius 2 is 1.73 bits per heavy atom. The molecule has 2 N–H and O–H groups in total. The zero-order chi connectivity index (χ0) is 22.4. The molecule has 7 heteroatoms. The number of amides is 2. The molecule has 4 aliphatic carbocycles. The van der Waals surface area contributed by atoms with Gasteiger partial charge in [-0.05, 0) is 85.5 Å². The van der Waals surface area contributed by atoms with E-state index in [1.165, 1.54) is 38.5 Å². The van der Waals surface area contributed by atoms with Crippen LogP contribution in [0.2, 0.25) is 0 Å². The van der Waals surface area contributed by atoms with Crippen LogP contribution < -0.4 is 10.6 Å². The number of hydrogen-bond acceptors (Lipinski definition) is 4. The van der Waals surface area contributed by atoms with E-state index in [9.17, 15) is 9.59 Å².